The van der Waals surface area contributed by atoms with Crippen molar-refractivity contribution >= 4 is 0 Å². The van der Waals surface area contributed by atoms with E-state index in [1.54, 1.807) is 6.07 Å². The smallest absolute Gasteiger partial charge is 0.124 e. The molecule has 0 amide bonds. The summed E-state index contributed by atoms with van der Waals surface area (Å²) in [5, 5.41) is 12.3. The van der Waals surface area contributed by atoms with Gasteiger partial charge >= 0.3 is 0 Å². The Balaban J connectivity index is 1.90. The van der Waals surface area contributed by atoms with Crippen molar-refractivity contribution in [3.8, 4) is 6.07 Å². The summed E-state index contributed by atoms with van der Waals surface area (Å²) < 4.78 is 13.3. The number of nitrogens with zero attached hydrogens (tertiary/aromatic N) is 1. The topological polar surface area (TPSA) is 35.8 Å². The van der Waals surface area contributed by atoms with E-state index in [9.17, 15) is 4.39 Å². The number of nitriles is 1. The number of hydrogen-bond donors (Lipinski definition) is 1. The molecule has 0 spiro atoms. The number of hydrogen-bond acceptors (Lipinski definition) is 2. The molecular weight excluding hydrogens is 239 g/mol. The maximum atomic E-state index is 13.3. The van der Waals surface area contributed by atoms with Crippen molar-refractivity contribution in [3.63, 3.8) is 0 Å². The highest BCUT2D eigenvalue weighted by Gasteiger charge is 2.11. The monoisotopic (exact) mass is 260 g/mol. The molecule has 1 fully saturated rings. The first kappa shape index (κ1) is 14.0. The van der Waals surface area contributed by atoms with E-state index in [0.29, 0.717) is 18.2 Å². The van der Waals surface area contributed by atoms with E-state index in [4.69, 9.17) is 5.26 Å². The first-order valence-corrected chi connectivity index (χ1v) is 7.21. The molecule has 0 saturated heterocycles. The van der Waals surface area contributed by atoms with Gasteiger partial charge in [-0.2, -0.15) is 5.26 Å². The van der Waals surface area contributed by atoms with Gasteiger partial charge in [-0.05, 0) is 36.6 Å². The quantitative estimate of drug-likeness (QED) is 0.894. The second kappa shape index (κ2) is 7.25. The van der Waals surface area contributed by atoms with E-state index in [1.165, 1.54) is 57.1 Å². The number of nitrogens with one attached hydrogen (secondary N) is 1. The second-order valence-corrected chi connectivity index (χ2v) is 5.38. The molecule has 102 valence electrons. The lowest BCUT2D eigenvalue weighted by Crippen LogP contribution is -2.29. The lowest BCUT2D eigenvalue weighted by atomic mass is 9.96. The molecule has 0 bridgehead atoms. The standard InChI is InChI=1S/C16H21FN2/c17-15-9-13(11-18)8-14(10-15)12-19-16-6-4-2-1-3-5-7-16/h8-10,16,19H,1-7,12H2. The van der Waals surface area contributed by atoms with Crippen LogP contribution >= 0.6 is 0 Å². The normalized spacial score (nSPS) is 17.5. The van der Waals surface area contributed by atoms with Gasteiger partial charge < -0.3 is 5.32 Å². The summed E-state index contributed by atoms with van der Waals surface area (Å²) in [6, 6.07) is 7.08. The lowest BCUT2D eigenvalue weighted by Gasteiger charge is -2.21. The molecule has 0 heterocycles. The third-order valence-corrected chi connectivity index (χ3v) is 3.79. The predicted octanol–water partition coefficient (Wildman–Crippen LogP) is 3.90. The van der Waals surface area contributed by atoms with E-state index >= 15 is 0 Å². The van der Waals surface area contributed by atoms with Crippen LogP contribution in [-0.2, 0) is 6.54 Å². The molecule has 0 aromatic heterocycles. The molecule has 3 heteroatoms. The SMILES string of the molecule is N#Cc1cc(F)cc(CNC2CCCCCCC2)c1. The summed E-state index contributed by atoms with van der Waals surface area (Å²) in [5.41, 5.74) is 1.26. The summed E-state index contributed by atoms with van der Waals surface area (Å²) in [6.45, 7) is 0.650. The Morgan fingerprint density at radius 3 is 2.47 bits per heavy atom. The van der Waals surface area contributed by atoms with Crippen LogP contribution in [-0.4, -0.2) is 6.04 Å². The molecule has 2 nitrogen and oxygen atoms in total. The molecule has 1 saturated carbocycles. The van der Waals surface area contributed by atoms with Gasteiger partial charge in [0.2, 0.25) is 0 Å². The minimum Gasteiger partial charge on any atom is -0.310 e. The fourth-order valence-electron chi connectivity index (χ4n) is 2.74. The summed E-state index contributed by atoms with van der Waals surface area (Å²) in [5.74, 6) is -0.325. The summed E-state index contributed by atoms with van der Waals surface area (Å²) >= 11 is 0. The first-order chi connectivity index (χ1) is 9.28. The highest BCUT2D eigenvalue weighted by Crippen LogP contribution is 2.17. The van der Waals surface area contributed by atoms with E-state index in [2.05, 4.69) is 5.32 Å². The zero-order chi connectivity index (χ0) is 13.5. The number of rotatable bonds is 3. The Kier molecular flexibility index (Phi) is 5.35. The molecule has 1 aromatic rings. The Labute approximate surface area is 114 Å². The summed E-state index contributed by atoms with van der Waals surface area (Å²) in [4.78, 5) is 0. The Morgan fingerprint density at radius 2 is 1.79 bits per heavy atom. The van der Waals surface area contributed by atoms with Crippen LogP contribution in [0.15, 0.2) is 18.2 Å². The second-order valence-electron chi connectivity index (χ2n) is 5.38. The van der Waals surface area contributed by atoms with E-state index in [1.807, 2.05) is 6.07 Å². The van der Waals surface area contributed by atoms with Crippen LogP contribution in [0.5, 0.6) is 0 Å². The van der Waals surface area contributed by atoms with Gasteiger partial charge in [0, 0.05) is 12.6 Å². The molecule has 0 radical (unpaired) electrons. The Hall–Kier alpha value is -1.40. The Bertz CT molecular complexity index is 443. The molecule has 2 rings (SSSR count). The van der Waals surface area contributed by atoms with Crippen LogP contribution in [0.2, 0.25) is 0 Å². The highest BCUT2D eigenvalue weighted by molar-refractivity contribution is 5.33. The van der Waals surface area contributed by atoms with Crippen molar-refractivity contribution in [2.75, 3.05) is 0 Å². The van der Waals surface area contributed by atoms with Crippen LogP contribution in [0.4, 0.5) is 4.39 Å². The minimum atomic E-state index is -0.325. The Morgan fingerprint density at radius 1 is 1.11 bits per heavy atom. The zero-order valence-corrected chi connectivity index (χ0v) is 11.3. The molecule has 0 aliphatic heterocycles. The van der Waals surface area contributed by atoms with Gasteiger partial charge in [0.1, 0.15) is 5.82 Å². The third-order valence-electron chi connectivity index (χ3n) is 3.79. The fourth-order valence-corrected chi connectivity index (χ4v) is 2.74. The molecule has 0 atom stereocenters. The van der Waals surface area contributed by atoms with Crippen LogP contribution < -0.4 is 5.32 Å². The average molecular weight is 260 g/mol. The van der Waals surface area contributed by atoms with Gasteiger partial charge in [0.05, 0.1) is 11.6 Å². The van der Waals surface area contributed by atoms with Crippen LogP contribution in [0.1, 0.15) is 56.1 Å². The van der Waals surface area contributed by atoms with Crippen LogP contribution in [0.25, 0.3) is 0 Å². The van der Waals surface area contributed by atoms with Crippen molar-refractivity contribution in [1.29, 1.82) is 5.26 Å². The maximum absolute atomic E-state index is 13.3. The van der Waals surface area contributed by atoms with Gasteiger partial charge in [-0.25, -0.2) is 4.39 Å². The minimum absolute atomic E-state index is 0.325. The van der Waals surface area contributed by atoms with Crippen molar-refractivity contribution < 1.29 is 4.39 Å². The molecule has 1 aliphatic carbocycles. The van der Waals surface area contributed by atoms with E-state index < -0.39 is 0 Å². The van der Waals surface area contributed by atoms with Gasteiger partial charge in [0.15, 0.2) is 0 Å². The van der Waals surface area contributed by atoms with Crippen molar-refractivity contribution in [1.82, 2.24) is 5.32 Å². The van der Waals surface area contributed by atoms with Crippen LogP contribution in [0.3, 0.4) is 0 Å². The van der Waals surface area contributed by atoms with Crippen molar-refractivity contribution in [3.05, 3.63) is 35.1 Å². The van der Waals surface area contributed by atoms with Gasteiger partial charge in [-0.15, -0.1) is 0 Å². The molecule has 1 N–H and O–H groups in total. The van der Waals surface area contributed by atoms with Crippen molar-refractivity contribution in [2.24, 2.45) is 0 Å². The zero-order valence-electron chi connectivity index (χ0n) is 11.3. The summed E-state index contributed by atoms with van der Waals surface area (Å²) in [7, 11) is 0. The van der Waals surface area contributed by atoms with Gasteiger partial charge in [-0.1, -0.05) is 32.1 Å². The number of benzene rings is 1. The molecule has 1 aliphatic rings. The van der Waals surface area contributed by atoms with Crippen LogP contribution in [0, 0.1) is 17.1 Å². The third kappa shape index (κ3) is 4.65. The van der Waals surface area contributed by atoms with Crippen molar-refractivity contribution in [2.45, 2.75) is 57.5 Å². The largest absolute Gasteiger partial charge is 0.310 e. The molecule has 19 heavy (non-hydrogen) atoms. The summed E-state index contributed by atoms with van der Waals surface area (Å²) in [6.07, 6.45) is 9.00. The average Bonchev–Trinajstić information content (AvgIpc) is 2.36. The van der Waals surface area contributed by atoms with Gasteiger partial charge in [-0.3, -0.25) is 0 Å². The maximum Gasteiger partial charge on any atom is 0.124 e. The van der Waals surface area contributed by atoms with Gasteiger partial charge in [0.25, 0.3) is 0 Å². The number of halogens is 1. The fraction of sp³-hybridized carbons (Fsp3) is 0.562. The molecule has 1 aromatic carbocycles. The van der Waals surface area contributed by atoms with E-state index in [-0.39, 0.29) is 5.82 Å². The predicted molar refractivity (Wildman–Crippen MR) is 74.1 cm³/mol. The highest BCUT2D eigenvalue weighted by atomic mass is 19.1. The lowest BCUT2D eigenvalue weighted by molar-refractivity contribution is 0.388. The molecule has 0 unspecified atom stereocenters. The van der Waals surface area contributed by atoms with E-state index in [0.717, 1.165) is 5.56 Å². The molecular formula is C16H21FN2. The first-order valence-electron chi connectivity index (χ1n) is 7.21.